The normalized spacial score (nSPS) is 16.4. The minimum absolute atomic E-state index is 0.239. The van der Waals surface area contributed by atoms with Gasteiger partial charge in [0.1, 0.15) is 5.82 Å². The molecule has 4 rings (SSSR count). The van der Waals surface area contributed by atoms with Crippen LogP contribution in [0.4, 0.5) is 11.5 Å². The predicted octanol–water partition coefficient (Wildman–Crippen LogP) is 4.06. The van der Waals surface area contributed by atoms with Crippen LogP contribution in [-0.2, 0) is 6.54 Å². The molecule has 1 aliphatic heterocycles. The number of aromatic nitrogens is 1. The summed E-state index contributed by atoms with van der Waals surface area (Å²) < 4.78 is 1.26. The molecule has 0 radical (unpaired) electrons. The molecule has 6 heteroatoms. The van der Waals surface area contributed by atoms with Crippen LogP contribution >= 0.6 is 11.3 Å². The number of piperazine rings is 1. The molecule has 2 aromatic heterocycles. The molecule has 3 N–H and O–H groups in total. The molecule has 0 amide bonds. The van der Waals surface area contributed by atoms with Gasteiger partial charge in [-0.15, -0.1) is 11.3 Å². The Balaban J connectivity index is 1.67. The van der Waals surface area contributed by atoms with Gasteiger partial charge in [0.15, 0.2) is 0 Å². The molecule has 0 unspecified atom stereocenters. The van der Waals surface area contributed by atoms with Crippen LogP contribution in [0.1, 0.15) is 32.6 Å². The molecule has 0 saturated carbocycles. The van der Waals surface area contributed by atoms with E-state index in [0.29, 0.717) is 5.82 Å². The molecule has 3 aromatic rings. The number of hydrogen-bond donors (Lipinski definition) is 2. The molecule has 150 valence electrons. The number of anilines is 2. The summed E-state index contributed by atoms with van der Waals surface area (Å²) in [5, 5.41) is 5.71. The first-order valence-electron chi connectivity index (χ1n) is 10.2. The lowest BCUT2D eigenvalue weighted by atomic mass is 10.0. The van der Waals surface area contributed by atoms with Gasteiger partial charge in [-0.25, -0.2) is 4.98 Å². The summed E-state index contributed by atoms with van der Waals surface area (Å²) in [6.45, 7) is 15.2. The molecule has 0 atom stereocenters. The number of hydrogen-bond acceptors (Lipinski definition) is 6. The Morgan fingerprint density at radius 2 is 1.86 bits per heavy atom. The van der Waals surface area contributed by atoms with Crippen LogP contribution in [0.15, 0.2) is 24.3 Å². The number of nitrogens with two attached hydrogens (primary N) is 1. The van der Waals surface area contributed by atoms with E-state index in [1.165, 1.54) is 20.7 Å². The Morgan fingerprint density at radius 3 is 2.54 bits per heavy atom. The minimum atomic E-state index is 0.239. The number of nitrogen functional groups attached to an aromatic ring is 1. The van der Waals surface area contributed by atoms with Gasteiger partial charge >= 0.3 is 0 Å². The summed E-state index contributed by atoms with van der Waals surface area (Å²) in [5.41, 5.74) is 8.77. The van der Waals surface area contributed by atoms with Gasteiger partial charge in [-0.2, -0.15) is 0 Å². The van der Waals surface area contributed by atoms with E-state index in [1.54, 1.807) is 0 Å². The highest BCUT2D eigenvalue weighted by atomic mass is 32.1. The number of thiophene rings is 1. The van der Waals surface area contributed by atoms with Crippen molar-refractivity contribution >= 4 is 43.8 Å². The summed E-state index contributed by atoms with van der Waals surface area (Å²) in [5.74, 6) is 0.632. The maximum atomic E-state index is 6.26. The topological polar surface area (TPSA) is 57.4 Å². The van der Waals surface area contributed by atoms with Crippen molar-refractivity contribution in [3.63, 3.8) is 0 Å². The van der Waals surface area contributed by atoms with E-state index in [9.17, 15) is 0 Å². The van der Waals surface area contributed by atoms with Crippen LogP contribution in [0.3, 0.4) is 0 Å². The summed E-state index contributed by atoms with van der Waals surface area (Å²) in [4.78, 5) is 11.0. The molecule has 0 aliphatic carbocycles. The third-order valence-corrected chi connectivity index (χ3v) is 6.84. The predicted molar refractivity (Wildman–Crippen MR) is 122 cm³/mol. The van der Waals surface area contributed by atoms with Gasteiger partial charge in [0.25, 0.3) is 0 Å². The maximum Gasteiger partial charge on any atom is 0.132 e. The van der Waals surface area contributed by atoms with Crippen molar-refractivity contribution in [1.82, 2.24) is 15.2 Å². The SMILES string of the molecule is CCNCc1cc2c(N)nc3ccc(N4CCN(C(C)(C)C)CC4)cc3c2s1. The minimum Gasteiger partial charge on any atom is -0.383 e. The Kier molecular flexibility index (Phi) is 5.21. The smallest absolute Gasteiger partial charge is 0.132 e. The van der Waals surface area contributed by atoms with Crippen molar-refractivity contribution in [2.75, 3.05) is 43.4 Å². The van der Waals surface area contributed by atoms with E-state index >= 15 is 0 Å². The molecule has 0 bridgehead atoms. The van der Waals surface area contributed by atoms with E-state index in [-0.39, 0.29) is 5.54 Å². The van der Waals surface area contributed by atoms with Crippen LogP contribution in [0.2, 0.25) is 0 Å². The lowest BCUT2D eigenvalue weighted by Crippen LogP contribution is -2.53. The van der Waals surface area contributed by atoms with Gasteiger partial charge in [-0.3, -0.25) is 4.90 Å². The monoisotopic (exact) mass is 397 g/mol. The van der Waals surface area contributed by atoms with Crippen LogP contribution in [0.25, 0.3) is 21.0 Å². The van der Waals surface area contributed by atoms with Gasteiger partial charge in [0.2, 0.25) is 0 Å². The number of rotatable bonds is 4. The molecule has 28 heavy (non-hydrogen) atoms. The molecule has 1 saturated heterocycles. The fourth-order valence-electron chi connectivity index (χ4n) is 3.99. The van der Waals surface area contributed by atoms with Crippen molar-refractivity contribution in [3.05, 3.63) is 29.1 Å². The number of pyridine rings is 1. The van der Waals surface area contributed by atoms with Crippen molar-refractivity contribution in [3.8, 4) is 0 Å². The zero-order valence-electron chi connectivity index (χ0n) is 17.4. The highest BCUT2D eigenvalue weighted by Gasteiger charge is 2.26. The summed E-state index contributed by atoms with van der Waals surface area (Å²) in [7, 11) is 0. The highest BCUT2D eigenvalue weighted by molar-refractivity contribution is 7.20. The molecule has 1 aliphatic rings. The molecule has 1 aromatic carbocycles. The summed E-state index contributed by atoms with van der Waals surface area (Å²) in [6, 6.07) is 8.82. The van der Waals surface area contributed by atoms with Crippen molar-refractivity contribution in [2.24, 2.45) is 0 Å². The average molecular weight is 398 g/mol. The third kappa shape index (κ3) is 3.69. The molecular weight excluding hydrogens is 366 g/mol. The Bertz CT molecular complexity index is 980. The number of fused-ring (bicyclic) bond motifs is 3. The zero-order valence-corrected chi connectivity index (χ0v) is 18.2. The second kappa shape index (κ2) is 7.50. The van der Waals surface area contributed by atoms with Crippen molar-refractivity contribution in [1.29, 1.82) is 0 Å². The van der Waals surface area contributed by atoms with Crippen molar-refractivity contribution in [2.45, 2.75) is 39.8 Å². The third-order valence-electron chi connectivity index (χ3n) is 5.67. The van der Waals surface area contributed by atoms with Gasteiger partial charge < -0.3 is 16.0 Å². The van der Waals surface area contributed by atoms with Crippen LogP contribution < -0.4 is 16.0 Å². The Hall–Kier alpha value is -1.89. The van der Waals surface area contributed by atoms with E-state index in [2.05, 4.69) is 72.1 Å². The van der Waals surface area contributed by atoms with Gasteiger partial charge in [-0.05, 0) is 51.6 Å². The first-order valence-corrected chi connectivity index (χ1v) is 11.0. The fraction of sp³-hybridized carbons (Fsp3) is 0.500. The Morgan fingerprint density at radius 1 is 1.11 bits per heavy atom. The van der Waals surface area contributed by atoms with Gasteiger partial charge in [-0.1, -0.05) is 6.92 Å². The van der Waals surface area contributed by atoms with Gasteiger partial charge in [0, 0.05) is 64.3 Å². The molecule has 0 spiro atoms. The fourth-order valence-corrected chi connectivity index (χ4v) is 5.15. The summed E-state index contributed by atoms with van der Waals surface area (Å²) >= 11 is 1.83. The average Bonchev–Trinajstić information content (AvgIpc) is 3.11. The lowest BCUT2D eigenvalue weighted by molar-refractivity contribution is 0.128. The molecule has 5 nitrogen and oxygen atoms in total. The second-order valence-corrected chi connectivity index (χ2v) is 9.72. The second-order valence-electron chi connectivity index (χ2n) is 8.58. The van der Waals surface area contributed by atoms with E-state index < -0.39 is 0 Å². The summed E-state index contributed by atoms with van der Waals surface area (Å²) in [6.07, 6.45) is 0. The molecule has 3 heterocycles. The highest BCUT2D eigenvalue weighted by Crippen LogP contribution is 2.36. The van der Waals surface area contributed by atoms with Crippen LogP contribution in [0, 0.1) is 0 Å². The van der Waals surface area contributed by atoms with E-state index in [1.807, 2.05) is 11.3 Å². The first-order chi connectivity index (χ1) is 13.4. The van der Waals surface area contributed by atoms with Crippen LogP contribution in [0.5, 0.6) is 0 Å². The van der Waals surface area contributed by atoms with E-state index in [4.69, 9.17) is 5.73 Å². The lowest BCUT2D eigenvalue weighted by Gasteiger charge is -2.43. The Labute approximate surface area is 171 Å². The maximum absolute atomic E-state index is 6.26. The number of nitrogens with one attached hydrogen (secondary N) is 1. The van der Waals surface area contributed by atoms with E-state index in [0.717, 1.165) is 50.2 Å². The van der Waals surface area contributed by atoms with Crippen LogP contribution in [-0.4, -0.2) is 48.1 Å². The number of nitrogens with zero attached hydrogens (tertiary/aromatic N) is 3. The zero-order chi connectivity index (χ0) is 19.9. The molecule has 1 fully saturated rings. The van der Waals surface area contributed by atoms with Crippen molar-refractivity contribution < 1.29 is 0 Å². The first kappa shape index (κ1) is 19.4. The standard InChI is InChI=1S/C22H31N5S/c1-5-24-14-16-13-18-20(28-16)17-12-15(6-7-19(17)25-21(18)23)26-8-10-27(11-9-26)22(2,3)4/h6-7,12-13,24H,5,8-11,14H2,1-4H3,(H2,23,25). The molecular formula is C22H31N5S. The van der Waals surface area contributed by atoms with Gasteiger partial charge in [0.05, 0.1) is 5.52 Å². The largest absolute Gasteiger partial charge is 0.383 e. The number of benzene rings is 1. The quantitative estimate of drug-likeness (QED) is 0.695.